The molecule has 1 aromatic heterocycles. The van der Waals surface area contributed by atoms with Crippen LogP contribution in [0.4, 0.5) is 26.3 Å². The molecule has 0 saturated heterocycles. The first-order valence-corrected chi connectivity index (χ1v) is 17.0. The van der Waals surface area contributed by atoms with Gasteiger partial charge in [-0.2, -0.15) is 41.6 Å². The maximum Gasteiger partial charge on any atom is 0.445 e. The Morgan fingerprint density at radius 1 is 0.771 bits per heavy atom. The number of nitrogens with one attached hydrogen (secondary N) is 1. The molecule has 19 heteroatoms. The lowest BCUT2D eigenvalue weighted by molar-refractivity contribution is -0.138. The van der Waals surface area contributed by atoms with E-state index in [2.05, 4.69) is 0 Å². The van der Waals surface area contributed by atoms with Crippen LogP contribution in [0.25, 0.3) is 10.4 Å². The molecule has 4 aromatic rings. The van der Waals surface area contributed by atoms with E-state index in [9.17, 15) is 39.3 Å². The second-order valence-corrected chi connectivity index (χ2v) is 14.4. The summed E-state index contributed by atoms with van der Waals surface area (Å²) in [6, 6.07) is 13.8. The minimum absolute atomic E-state index is 0.303. The van der Waals surface area contributed by atoms with Crippen molar-refractivity contribution in [3.63, 3.8) is 0 Å². The molecule has 0 aliphatic rings. The van der Waals surface area contributed by atoms with Gasteiger partial charge in [-0.15, -0.1) is 11.3 Å². The Bertz CT molecular complexity index is 2010. The van der Waals surface area contributed by atoms with Gasteiger partial charge in [-0.05, 0) is 72.3 Å². The third-order valence-electron chi connectivity index (χ3n) is 6.29. The molecule has 48 heavy (non-hydrogen) atoms. The molecular formula is C29H20F6N3O7PS2. The van der Waals surface area contributed by atoms with Crippen LogP contribution >= 0.6 is 18.9 Å². The van der Waals surface area contributed by atoms with Crippen molar-refractivity contribution in [2.24, 2.45) is 0 Å². The number of hydrogen-bond donors (Lipinski definition) is 1. The number of alkyl halides is 6. The smallest absolute Gasteiger partial charge is 0.445 e. The molecule has 0 spiro atoms. The Hall–Kier alpha value is -4.74. The summed E-state index contributed by atoms with van der Waals surface area (Å²) in [5.74, 6) is -0.841. The largest absolute Gasteiger partial charge is 0.493 e. The first-order valence-electron chi connectivity index (χ1n) is 13.0. The Morgan fingerprint density at radius 2 is 1.29 bits per heavy atom. The number of sulfonamides is 1. The average molecular weight is 732 g/mol. The van der Waals surface area contributed by atoms with E-state index in [1.807, 2.05) is 4.72 Å². The van der Waals surface area contributed by atoms with Crippen molar-refractivity contribution in [3.05, 3.63) is 89.0 Å². The van der Waals surface area contributed by atoms with Gasteiger partial charge in [0.1, 0.15) is 22.0 Å². The predicted octanol–water partition coefficient (Wildman–Crippen LogP) is 7.80. The van der Waals surface area contributed by atoms with Crippen molar-refractivity contribution >= 4 is 29.0 Å². The Kier molecular flexibility index (Phi) is 10.4. The molecule has 4 rings (SSSR count). The van der Waals surface area contributed by atoms with Gasteiger partial charge in [-0.1, -0.05) is 0 Å². The second kappa shape index (κ2) is 13.8. The lowest BCUT2D eigenvalue weighted by Gasteiger charge is -2.22. The summed E-state index contributed by atoms with van der Waals surface area (Å²) in [6.45, 7) is 0. The van der Waals surface area contributed by atoms with E-state index in [-0.39, 0.29) is 4.21 Å². The lowest BCUT2D eigenvalue weighted by atomic mass is 10.1. The molecule has 3 aromatic carbocycles. The quantitative estimate of drug-likeness (QED) is 0.121. The molecule has 0 amide bonds. The summed E-state index contributed by atoms with van der Waals surface area (Å²) < 4.78 is 144. The highest BCUT2D eigenvalue weighted by Gasteiger charge is 2.38. The molecule has 0 bridgehead atoms. The molecular weight excluding hydrogens is 711 g/mol. The zero-order valence-corrected chi connectivity index (χ0v) is 26.9. The highest BCUT2D eigenvalue weighted by Crippen LogP contribution is 2.50. The minimum atomic E-state index is -5.07. The zero-order chi connectivity index (χ0) is 35.5. The molecule has 0 aliphatic carbocycles. The summed E-state index contributed by atoms with van der Waals surface area (Å²) >= 11 is 0.772. The van der Waals surface area contributed by atoms with Crippen LogP contribution in [0.1, 0.15) is 22.3 Å². The number of nitriles is 2. The molecule has 10 nitrogen and oxygen atoms in total. The van der Waals surface area contributed by atoms with Crippen LogP contribution in [0.3, 0.4) is 0 Å². The molecule has 0 atom stereocenters. The zero-order valence-electron chi connectivity index (χ0n) is 24.3. The molecule has 0 aliphatic heterocycles. The van der Waals surface area contributed by atoms with E-state index in [0.717, 1.165) is 23.5 Å². The van der Waals surface area contributed by atoms with Crippen LogP contribution in [-0.4, -0.2) is 28.9 Å². The second-order valence-electron chi connectivity index (χ2n) is 9.42. The SMILES string of the molecule is COc1ccc(-c2ccc(S(=O)(=O)NCP(=O)(Oc3ccc(C#N)c(C(F)(F)F)c3)Oc3ccc(C#N)c(C(F)(F)F)c3)s2)cc1OC. The van der Waals surface area contributed by atoms with E-state index in [1.165, 1.54) is 38.5 Å². The minimum Gasteiger partial charge on any atom is -0.493 e. The fraction of sp³-hybridized carbons (Fsp3) is 0.172. The normalized spacial score (nSPS) is 12.1. The molecule has 0 unspecified atom stereocenters. The maximum absolute atomic E-state index is 13.9. The topological polar surface area (TPSA) is 148 Å². The number of hydrogen-bond acceptors (Lipinski definition) is 10. The monoisotopic (exact) mass is 731 g/mol. The van der Waals surface area contributed by atoms with Crippen molar-refractivity contribution < 1.29 is 57.8 Å². The van der Waals surface area contributed by atoms with Crippen molar-refractivity contribution in [3.8, 4) is 45.6 Å². The molecule has 1 N–H and O–H groups in total. The molecule has 0 radical (unpaired) electrons. The van der Waals surface area contributed by atoms with Gasteiger partial charge in [-0.3, -0.25) is 0 Å². The van der Waals surface area contributed by atoms with Gasteiger partial charge < -0.3 is 18.5 Å². The van der Waals surface area contributed by atoms with E-state index in [4.69, 9.17) is 29.0 Å². The van der Waals surface area contributed by atoms with Crippen molar-refractivity contribution in [1.82, 2.24) is 4.72 Å². The van der Waals surface area contributed by atoms with Crippen molar-refractivity contribution in [2.75, 3.05) is 20.5 Å². The van der Waals surface area contributed by atoms with Crippen molar-refractivity contribution in [2.45, 2.75) is 16.6 Å². The summed E-state index contributed by atoms with van der Waals surface area (Å²) in [5, 5.41) is 18.1. The van der Waals surface area contributed by atoms with Gasteiger partial charge in [0, 0.05) is 4.88 Å². The number of methoxy groups -OCH3 is 2. The van der Waals surface area contributed by atoms with Crippen LogP contribution in [0.5, 0.6) is 23.0 Å². The van der Waals surface area contributed by atoms with E-state index >= 15 is 0 Å². The predicted molar refractivity (Wildman–Crippen MR) is 159 cm³/mol. The number of thiophene rings is 1. The maximum atomic E-state index is 13.9. The molecule has 252 valence electrons. The van der Waals surface area contributed by atoms with Gasteiger partial charge in [-0.25, -0.2) is 13.0 Å². The lowest BCUT2D eigenvalue weighted by Crippen LogP contribution is -2.26. The van der Waals surface area contributed by atoms with Gasteiger partial charge in [0.05, 0.1) is 48.6 Å². The first-order chi connectivity index (χ1) is 22.4. The van der Waals surface area contributed by atoms with Crippen LogP contribution in [0.15, 0.2) is 70.9 Å². The Morgan fingerprint density at radius 3 is 1.75 bits per heavy atom. The van der Waals surface area contributed by atoms with Gasteiger partial charge in [0.2, 0.25) is 0 Å². The van der Waals surface area contributed by atoms with Crippen LogP contribution in [-0.2, 0) is 26.9 Å². The highest BCUT2D eigenvalue weighted by molar-refractivity contribution is 7.92. The van der Waals surface area contributed by atoms with Crippen LogP contribution < -0.4 is 23.2 Å². The molecule has 0 saturated carbocycles. The Balaban J connectivity index is 1.69. The highest BCUT2D eigenvalue weighted by atomic mass is 32.2. The third-order valence-corrected chi connectivity index (χ3v) is 11.0. The fourth-order valence-electron chi connectivity index (χ4n) is 4.07. The van der Waals surface area contributed by atoms with Crippen molar-refractivity contribution in [1.29, 1.82) is 10.5 Å². The molecule has 1 heterocycles. The molecule has 0 fully saturated rings. The van der Waals surface area contributed by atoms with Gasteiger partial charge in [0.15, 0.2) is 11.5 Å². The summed E-state index contributed by atoms with van der Waals surface area (Å²) in [5.41, 5.74) is -4.09. The van der Waals surface area contributed by atoms with Crippen LogP contribution in [0.2, 0.25) is 0 Å². The van der Waals surface area contributed by atoms with E-state index in [1.54, 1.807) is 18.2 Å². The van der Waals surface area contributed by atoms with E-state index in [0.29, 0.717) is 46.2 Å². The number of benzene rings is 3. The third kappa shape index (κ3) is 8.21. The Labute approximate surface area is 273 Å². The number of rotatable bonds is 11. The number of ether oxygens (including phenoxy) is 2. The average Bonchev–Trinajstić information content (AvgIpc) is 3.54. The fourth-order valence-corrected chi connectivity index (χ4v) is 8.43. The van der Waals surface area contributed by atoms with E-state index < -0.39 is 70.0 Å². The van der Waals surface area contributed by atoms with Gasteiger partial charge >= 0.3 is 19.9 Å². The summed E-state index contributed by atoms with van der Waals surface area (Å²) in [4.78, 5) is 0.446. The standard InChI is InChI=1S/C29H20F6N3O7PS2/c1-42-24-8-5-17(11-25(24)43-2)26-9-10-27(47-26)48(40,41)38-16-46(39,44-20-6-3-18(14-36)22(12-20)28(30,31)32)45-21-7-4-19(15-37)23(13-21)29(33,34)35/h3-13,38H,16H2,1-2H3. The van der Waals surface area contributed by atoms with Gasteiger partial charge in [0.25, 0.3) is 10.0 Å². The van der Waals surface area contributed by atoms with Crippen LogP contribution in [0, 0.1) is 22.7 Å². The first kappa shape index (κ1) is 36.1. The number of halogens is 6. The number of nitrogens with zero attached hydrogens (tertiary/aromatic N) is 2. The summed E-state index contributed by atoms with van der Waals surface area (Å²) in [7, 11) is -6.77. The summed E-state index contributed by atoms with van der Waals surface area (Å²) in [6.07, 6.45) is -11.4.